The lowest BCUT2D eigenvalue weighted by Gasteiger charge is -2.89. The predicted molar refractivity (Wildman–Crippen MR) is 255 cm³/mol. The summed E-state index contributed by atoms with van der Waals surface area (Å²) >= 11 is 0. The number of hydrogen-bond acceptors (Lipinski definition) is 0. The van der Waals surface area contributed by atoms with Gasteiger partial charge in [0.05, 0.1) is 0 Å². The van der Waals surface area contributed by atoms with Gasteiger partial charge in [-0.3, -0.25) is 0 Å². The van der Waals surface area contributed by atoms with Crippen molar-refractivity contribution in [2.45, 2.75) is 141 Å². The van der Waals surface area contributed by atoms with Gasteiger partial charge in [-0.25, -0.2) is 0 Å². The maximum atomic E-state index is 1.79. The standard InChI is InChI=1S/C66H88/c1-5-23-17-27-21-28-18-24-6-3-11-33-37-15-16-38-34-12-4-8-26-20-30-22-29-19-25-7-2-10-32-36-14-13-35-31(9-1)39(23)51-43(27)55-44(28)53(41(24)33)59-49(37)50(38)60-54(42(26)34)46(30)56-45(29)52(40(25)32)58-48(36)47(35)57(51)63-61(55)65(59)66(60)62(56)64(58)63/h23-66H,1-22H2. The molecule has 23 saturated carbocycles. The normalized spacial score (nSPS) is 80.0. The quantitative estimate of drug-likeness (QED) is 0.227. The van der Waals surface area contributed by atoms with Gasteiger partial charge in [0.15, 0.2) is 0 Å². The Hall–Kier alpha value is 0. The number of hydrogen-bond donors (Lipinski definition) is 0. The summed E-state index contributed by atoms with van der Waals surface area (Å²) < 4.78 is 0. The van der Waals surface area contributed by atoms with Gasteiger partial charge in [-0.2, -0.15) is 0 Å². The Balaban J connectivity index is 0.844. The first-order valence-corrected chi connectivity index (χ1v) is 32.8. The van der Waals surface area contributed by atoms with E-state index in [1.807, 2.05) is 0 Å². The van der Waals surface area contributed by atoms with Crippen molar-refractivity contribution in [3.63, 3.8) is 0 Å². The van der Waals surface area contributed by atoms with E-state index in [-0.39, 0.29) is 0 Å². The Morgan fingerprint density at radius 2 is 0.303 bits per heavy atom. The zero-order chi connectivity index (χ0) is 41.0. The molecule has 0 amide bonds. The lowest BCUT2D eigenvalue weighted by atomic mass is 9.15. The van der Waals surface area contributed by atoms with Gasteiger partial charge in [-0.15, -0.1) is 0 Å². The molecule has 0 N–H and O–H groups in total. The number of rotatable bonds is 0. The lowest BCUT2D eigenvalue weighted by molar-refractivity contribution is -0.421. The largest absolute Gasteiger partial charge is 0.0527 e. The van der Waals surface area contributed by atoms with E-state index in [1.54, 1.807) is 141 Å². The van der Waals surface area contributed by atoms with E-state index in [9.17, 15) is 0 Å². The summed E-state index contributed by atoms with van der Waals surface area (Å²) in [6.45, 7) is 0. The zero-order valence-electron chi connectivity index (χ0n) is 41.0. The fourth-order valence-corrected chi connectivity index (χ4v) is 37.6. The molecule has 40 atom stereocenters. The number of fused-ring (bicyclic) bond motifs is 4. The fourth-order valence-electron chi connectivity index (χ4n) is 37.6. The molecular weight excluding hydrogens is 793 g/mol. The molecule has 352 valence electrons. The molecule has 0 nitrogen and oxygen atoms in total. The third kappa shape index (κ3) is 3.38. The minimum Gasteiger partial charge on any atom is -0.0527 e. The molecule has 0 aromatic rings. The van der Waals surface area contributed by atoms with Crippen LogP contribution in [0.5, 0.6) is 0 Å². The highest BCUT2D eigenvalue weighted by atomic mass is 14.9. The molecule has 0 aliphatic heterocycles. The van der Waals surface area contributed by atoms with Gasteiger partial charge >= 0.3 is 0 Å². The maximum absolute atomic E-state index is 1.79. The van der Waals surface area contributed by atoms with Crippen LogP contribution in [-0.2, 0) is 0 Å². The molecule has 0 heteroatoms. The Bertz CT molecular complexity index is 1940. The molecule has 40 unspecified atom stereocenters. The van der Waals surface area contributed by atoms with E-state index in [0.29, 0.717) is 0 Å². The molecule has 0 radical (unpaired) electrons. The van der Waals surface area contributed by atoms with Gasteiger partial charge in [0.2, 0.25) is 0 Å². The molecule has 23 fully saturated rings. The van der Waals surface area contributed by atoms with Gasteiger partial charge in [0, 0.05) is 0 Å². The van der Waals surface area contributed by atoms with Gasteiger partial charge in [0.1, 0.15) is 0 Å². The average molecular weight is 881 g/mol. The molecule has 23 aliphatic carbocycles. The van der Waals surface area contributed by atoms with Crippen LogP contribution in [0.2, 0.25) is 0 Å². The second-order valence-electron chi connectivity index (χ2n) is 33.8. The van der Waals surface area contributed by atoms with E-state index < -0.39 is 0 Å². The SMILES string of the molecule is C1CC2CC3CC4CC5CCCC6C7CCC8C9CCCC%10CC%11CC%12CC%13CCCC%14C%15CCC%16C(C1)C2C1C3C2C4C(C56)C3C7C8C4C(C%109)C%11C5C%12C(C%13%14)C6C%15C%16C1C1C2C3C4C5C61. The molecule has 0 aromatic carbocycles. The minimum absolute atomic E-state index is 1.17. The van der Waals surface area contributed by atoms with Crippen LogP contribution in [0.15, 0.2) is 0 Å². The molecule has 23 rings (SSSR count). The van der Waals surface area contributed by atoms with Crippen molar-refractivity contribution in [3.8, 4) is 0 Å². The van der Waals surface area contributed by atoms with Crippen LogP contribution in [0.1, 0.15) is 141 Å². The van der Waals surface area contributed by atoms with Crippen molar-refractivity contribution in [1.82, 2.24) is 0 Å². The van der Waals surface area contributed by atoms with Gasteiger partial charge < -0.3 is 0 Å². The van der Waals surface area contributed by atoms with Gasteiger partial charge in [-0.1, -0.05) is 51.4 Å². The topological polar surface area (TPSA) is 0 Å². The highest BCUT2D eigenvalue weighted by Gasteiger charge is 2.87. The van der Waals surface area contributed by atoms with Gasteiger partial charge in [-0.05, 0) is 350 Å². The maximum Gasteiger partial charge on any atom is -0.0312 e. The first kappa shape index (κ1) is 36.0. The summed E-state index contributed by atoms with van der Waals surface area (Å²) in [5, 5.41) is 0. The van der Waals surface area contributed by atoms with Crippen LogP contribution in [0.4, 0.5) is 0 Å². The third-order valence-electron chi connectivity index (χ3n) is 35.4. The van der Waals surface area contributed by atoms with Crippen molar-refractivity contribution in [1.29, 1.82) is 0 Å². The van der Waals surface area contributed by atoms with E-state index in [1.165, 1.54) is 260 Å². The molecule has 23 aliphatic rings. The molecule has 0 bridgehead atoms. The third-order valence-corrected chi connectivity index (χ3v) is 35.4. The van der Waals surface area contributed by atoms with Crippen LogP contribution in [0.3, 0.4) is 0 Å². The van der Waals surface area contributed by atoms with Crippen LogP contribution in [0.25, 0.3) is 0 Å². The highest BCUT2D eigenvalue weighted by Crippen LogP contribution is 2.92. The Morgan fingerprint density at radius 3 is 0.561 bits per heavy atom. The zero-order valence-corrected chi connectivity index (χ0v) is 41.0. The summed E-state index contributed by atoms with van der Waals surface area (Å²) in [6, 6.07) is 0. The lowest BCUT2D eigenvalue weighted by Crippen LogP contribution is -2.85. The monoisotopic (exact) mass is 881 g/mol. The first-order valence-electron chi connectivity index (χ1n) is 32.8. The molecule has 0 saturated heterocycles. The van der Waals surface area contributed by atoms with Crippen molar-refractivity contribution in [2.24, 2.45) is 260 Å². The van der Waals surface area contributed by atoms with Gasteiger partial charge in [0.25, 0.3) is 0 Å². The highest BCUT2D eigenvalue weighted by molar-refractivity contribution is 5.35. The van der Waals surface area contributed by atoms with E-state index in [4.69, 9.17) is 0 Å². The smallest absolute Gasteiger partial charge is 0.0312 e. The fraction of sp³-hybridized carbons (Fsp3) is 1.00. The molecular formula is C66H88. The van der Waals surface area contributed by atoms with Crippen molar-refractivity contribution < 1.29 is 0 Å². The summed E-state index contributed by atoms with van der Waals surface area (Å²) in [7, 11) is 0. The molecule has 0 spiro atoms. The summed E-state index contributed by atoms with van der Waals surface area (Å²) in [4.78, 5) is 0. The van der Waals surface area contributed by atoms with Crippen LogP contribution in [0, 0.1) is 260 Å². The molecule has 0 aromatic heterocycles. The Morgan fingerprint density at radius 1 is 0.121 bits per heavy atom. The minimum atomic E-state index is 1.17. The summed E-state index contributed by atoms with van der Waals surface area (Å²) in [5.41, 5.74) is 0. The second-order valence-corrected chi connectivity index (χ2v) is 33.8. The second kappa shape index (κ2) is 11.2. The molecule has 0 heterocycles. The van der Waals surface area contributed by atoms with E-state index >= 15 is 0 Å². The summed E-state index contributed by atoms with van der Waals surface area (Å²) in [5.74, 6) is 53.7. The summed E-state index contributed by atoms with van der Waals surface area (Å²) in [6.07, 6.45) is 37.9. The molecule has 66 heavy (non-hydrogen) atoms. The van der Waals surface area contributed by atoms with Crippen molar-refractivity contribution in [3.05, 3.63) is 0 Å². The Kier molecular flexibility index (Phi) is 6.12. The van der Waals surface area contributed by atoms with Crippen LogP contribution in [-0.4, -0.2) is 0 Å². The van der Waals surface area contributed by atoms with Crippen LogP contribution < -0.4 is 0 Å². The van der Waals surface area contributed by atoms with Crippen molar-refractivity contribution in [2.75, 3.05) is 0 Å². The Labute approximate surface area is 399 Å². The van der Waals surface area contributed by atoms with Crippen LogP contribution >= 0.6 is 0 Å². The first-order chi connectivity index (χ1) is 32.8. The van der Waals surface area contributed by atoms with Crippen molar-refractivity contribution >= 4 is 0 Å². The van der Waals surface area contributed by atoms with E-state index in [2.05, 4.69) is 0 Å². The average Bonchev–Trinajstić information content (AvgIpc) is 3.35. The predicted octanol–water partition coefficient (Wildman–Crippen LogP) is 14.0. The van der Waals surface area contributed by atoms with E-state index in [0.717, 1.165) is 0 Å².